The summed E-state index contributed by atoms with van der Waals surface area (Å²) < 4.78 is 20.9. The highest BCUT2D eigenvalue weighted by molar-refractivity contribution is 7.98. The van der Waals surface area contributed by atoms with Crippen molar-refractivity contribution in [1.29, 1.82) is 0 Å². The van der Waals surface area contributed by atoms with Gasteiger partial charge in [0, 0.05) is 17.5 Å². The standard InChI is InChI=1S/C27H22FN3O2S/c1-17-7-6-10-20(13-17)31-26(32)25-24(21(15-29-25)19-8-4-3-5-9-19)30-27(31)34-16-18-11-12-23(33-2)22(28)14-18/h3-15,29H,16H2,1-2H3. The van der Waals surface area contributed by atoms with Crippen molar-refractivity contribution in [3.63, 3.8) is 0 Å². The van der Waals surface area contributed by atoms with Gasteiger partial charge in [-0.3, -0.25) is 9.36 Å². The van der Waals surface area contributed by atoms with Gasteiger partial charge in [-0.1, -0.05) is 60.3 Å². The topological polar surface area (TPSA) is 59.9 Å². The van der Waals surface area contributed by atoms with Gasteiger partial charge in [-0.05, 0) is 47.9 Å². The molecule has 5 nitrogen and oxygen atoms in total. The minimum atomic E-state index is -0.419. The van der Waals surface area contributed by atoms with Crippen LogP contribution in [0.1, 0.15) is 11.1 Å². The molecule has 0 spiro atoms. The van der Waals surface area contributed by atoms with E-state index in [0.717, 1.165) is 27.9 Å². The van der Waals surface area contributed by atoms with E-state index in [1.54, 1.807) is 10.6 Å². The molecule has 1 N–H and O–H groups in total. The minimum absolute atomic E-state index is 0.179. The van der Waals surface area contributed by atoms with Crippen LogP contribution in [0, 0.1) is 12.7 Å². The smallest absolute Gasteiger partial charge is 0.283 e. The summed E-state index contributed by atoms with van der Waals surface area (Å²) >= 11 is 1.39. The summed E-state index contributed by atoms with van der Waals surface area (Å²) in [6.07, 6.45) is 1.82. The first-order valence-electron chi connectivity index (χ1n) is 10.8. The lowest BCUT2D eigenvalue weighted by Crippen LogP contribution is -2.22. The molecule has 0 saturated carbocycles. The molecule has 2 aromatic heterocycles. The van der Waals surface area contributed by atoms with Gasteiger partial charge in [-0.2, -0.15) is 0 Å². The van der Waals surface area contributed by atoms with Gasteiger partial charge in [0.25, 0.3) is 5.56 Å². The molecule has 0 aliphatic heterocycles. The van der Waals surface area contributed by atoms with E-state index in [1.807, 2.05) is 73.8 Å². The first-order chi connectivity index (χ1) is 16.5. The summed E-state index contributed by atoms with van der Waals surface area (Å²) in [5.74, 6) is 0.220. The van der Waals surface area contributed by atoms with Gasteiger partial charge in [-0.15, -0.1) is 0 Å². The number of rotatable bonds is 6. The summed E-state index contributed by atoms with van der Waals surface area (Å²) in [6, 6.07) is 22.4. The molecule has 0 fully saturated rings. The van der Waals surface area contributed by atoms with Crippen molar-refractivity contribution in [3.05, 3.63) is 106 Å². The maximum Gasteiger partial charge on any atom is 0.283 e. The lowest BCUT2D eigenvalue weighted by molar-refractivity contribution is 0.386. The fourth-order valence-corrected chi connectivity index (χ4v) is 4.86. The molecule has 0 atom stereocenters. The molecule has 0 aliphatic carbocycles. The Kier molecular flexibility index (Phi) is 5.94. The number of thioether (sulfide) groups is 1. The van der Waals surface area contributed by atoms with Crippen LogP contribution in [0.25, 0.3) is 27.8 Å². The van der Waals surface area contributed by atoms with E-state index in [2.05, 4.69) is 4.98 Å². The first kappa shape index (κ1) is 22.0. The summed E-state index contributed by atoms with van der Waals surface area (Å²) in [5, 5.41) is 0.538. The number of benzene rings is 3. The second kappa shape index (κ2) is 9.19. The van der Waals surface area contributed by atoms with Crippen molar-refractivity contribution >= 4 is 22.8 Å². The number of aromatic amines is 1. The fraction of sp³-hybridized carbons (Fsp3) is 0.111. The van der Waals surface area contributed by atoms with Crippen molar-refractivity contribution in [2.75, 3.05) is 7.11 Å². The molecule has 0 saturated heterocycles. The van der Waals surface area contributed by atoms with Crippen LogP contribution in [0.3, 0.4) is 0 Å². The molecule has 3 aromatic carbocycles. The normalized spacial score (nSPS) is 11.1. The van der Waals surface area contributed by atoms with Crippen LogP contribution in [-0.2, 0) is 5.75 Å². The predicted octanol–water partition coefficient (Wildman–Crippen LogP) is 6.13. The van der Waals surface area contributed by atoms with Crippen LogP contribution in [-0.4, -0.2) is 21.6 Å². The lowest BCUT2D eigenvalue weighted by Gasteiger charge is -2.13. The number of hydrogen-bond donors (Lipinski definition) is 1. The average Bonchev–Trinajstić information content (AvgIpc) is 3.28. The highest BCUT2D eigenvalue weighted by Gasteiger charge is 2.18. The minimum Gasteiger partial charge on any atom is -0.494 e. The lowest BCUT2D eigenvalue weighted by atomic mass is 10.1. The number of H-pyrrole nitrogens is 1. The third kappa shape index (κ3) is 4.10. The molecule has 0 unspecified atom stereocenters. The summed E-state index contributed by atoms with van der Waals surface area (Å²) in [7, 11) is 1.44. The van der Waals surface area contributed by atoms with E-state index >= 15 is 0 Å². The Hall–Kier alpha value is -3.84. The van der Waals surface area contributed by atoms with Gasteiger partial charge in [-0.25, -0.2) is 9.37 Å². The number of fused-ring (bicyclic) bond motifs is 1. The molecule has 5 rings (SSSR count). The Labute approximate surface area is 200 Å². The highest BCUT2D eigenvalue weighted by atomic mass is 32.2. The van der Waals surface area contributed by atoms with E-state index < -0.39 is 5.82 Å². The molecule has 0 bridgehead atoms. The Morgan fingerprint density at radius 2 is 1.88 bits per heavy atom. The quantitative estimate of drug-likeness (QED) is 0.239. The van der Waals surface area contributed by atoms with E-state index in [-0.39, 0.29) is 11.3 Å². The van der Waals surface area contributed by atoms with E-state index in [4.69, 9.17) is 9.72 Å². The zero-order valence-electron chi connectivity index (χ0n) is 18.7. The van der Waals surface area contributed by atoms with Crippen molar-refractivity contribution in [1.82, 2.24) is 14.5 Å². The number of nitrogens with zero attached hydrogens (tertiary/aromatic N) is 2. The third-order valence-electron chi connectivity index (χ3n) is 5.60. The van der Waals surface area contributed by atoms with Crippen LogP contribution < -0.4 is 10.3 Å². The first-order valence-corrected chi connectivity index (χ1v) is 11.8. The van der Waals surface area contributed by atoms with Crippen LogP contribution >= 0.6 is 11.8 Å². The Morgan fingerprint density at radius 3 is 2.62 bits per heavy atom. The number of ether oxygens (including phenoxy) is 1. The molecule has 2 heterocycles. The fourth-order valence-electron chi connectivity index (χ4n) is 3.92. The van der Waals surface area contributed by atoms with Crippen molar-refractivity contribution in [2.24, 2.45) is 0 Å². The van der Waals surface area contributed by atoms with Gasteiger partial charge in [0.05, 0.1) is 12.8 Å². The third-order valence-corrected chi connectivity index (χ3v) is 6.61. The van der Waals surface area contributed by atoms with Crippen molar-refractivity contribution < 1.29 is 9.13 Å². The van der Waals surface area contributed by atoms with Crippen molar-refractivity contribution in [2.45, 2.75) is 17.8 Å². The molecule has 5 aromatic rings. The number of methoxy groups -OCH3 is 1. The van der Waals surface area contributed by atoms with Crippen LogP contribution in [0.15, 0.2) is 88.9 Å². The van der Waals surface area contributed by atoms with Crippen LogP contribution in [0.4, 0.5) is 4.39 Å². The second-order valence-electron chi connectivity index (χ2n) is 7.92. The molecule has 0 radical (unpaired) electrons. The van der Waals surface area contributed by atoms with Gasteiger partial charge in [0.2, 0.25) is 0 Å². The molecule has 0 aliphatic rings. The van der Waals surface area contributed by atoms with E-state index in [0.29, 0.717) is 21.9 Å². The summed E-state index contributed by atoms with van der Waals surface area (Å²) in [5.41, 5.74) is 5.26. The summed E-state index contributed by atoms with van der Waals surface area (Å²) in [6.45, 7) is 1.98. The van der Waals surface area contributed by atoms with Gasteiger partial charge >= 0.3 is 0 Å². The molecular weight excluding hydrogens is 449 g/mol. The molecular formula is C27H22FN3O2S. The SMILES string of the molecule is COc1ccc(CSc2nc3c(-c4ccccc4)c[nH]c3c(=O)n2-c2cccc(C)c2)cc1F. The molecule has 170 valence electrons. The highest BCUT2D eigenvalue weighted by Crippen LogP contribution is 2.30. The molecule has 7 heteroatoms. The predicted molar refractivity (Wildman–Crippen MR) is 134 cm³/mol. The van der Waals surface area contributed by atoms with Gasteiger partial charge in [0.1, 0.15) is 11.0 Å². The van der Waals surface area contributed by atoms with Gasteiger partial charge in [0.15, 0.2) is 16.7 Å². The number of halogens is 1. The zero-order valence-corrected chi connectivity index (χ0v) is 19.5. The number of nitrogens with one attached hydrogen (secondary N) is 1. The zero-order chi connectivity index (χ0) is 23.7. The molecule has 0 amide bonds. The van der Waals surface area contributed by atoms with Gasteiger partial charge < -0.3 is 9.72 Å². The monoisotopic (exact) mass is 471 g/mol. The summed E-state index contributed by atoms with van der Waals surface area (Å²) in [4.78, 5) is 21.7. The Bertz CT molecular complexity index is 1540. The number of aromatic nitrogens is 3. The Morgan fingerprint density at radius 1 is 1.06 bits per heavy atom. The average molecular weight is 472 g/mol. The maximum absolute atomic E-state index is 14.2. The number of aryl methyl sites for hydroxylation is 1. The number of hydrogen-bond acceptors (Lipinski definition) is 4. The van der Waals surface area contributed by atoms with Crippen LogP contribution in [0.5, 0.6) is 5.75 Å². The Balaban J connectivity index is 1.64. The van der Waals surface area contributed by atoms with E-state index in [9.17, 15) is 9.18 Å². The van der Waals surface area contributed by atoms with Crippen LogP contribution in [0.2, 0.25) is 0 Å². The van der Waals surface area contributed by atoms with Crippen molar-refractivity contribution in [3.8, 4) is 22.6 Å². The largest absolute Gasteiger partial charge is 0.494 e. The molecule has 34 heavy (non-hydrogen) atoms. The maximum atomic E-state index is 14.2. The second-order valence-corrected chi connectivity index (χ2v) is 8.87. The van der Waals surface area contributed by atoms with E-state index in [1.165, 1.54) is 24.9 Å².